The molecule has 13 heavy (non-hydrogen) atoms. The summed E-state index contributed by atoms with van der Waals surface area (Å²) in [6, 6.07) is 0. The second kappa shape index (κ2) is 4.70. The molecule has 1 rings (SSSR count). The third-order valence-corrected chi connectivity index (χ3v) is 3.25. The molecule has 0 saturated heterocycles. The van der Waals surface area contributed by atoms with E-state index in [4.69, 9.17) is 0 Å². The first kappa shape index (κ1) is 10.6. The summed E-state index contributed by atoms with van der Waals surface area (Å²) in [6.45, 7) is 5.77. The molecule has 0 saturated carbocycles. The van der Waals surface area contributed by atoms with Crippen molar-refractivity contribution in [2.45, 2.75) is 25.5 Å². The van der Waals surface area contributed by atoms with Crippen molar-refractivity contribution in [2.75, 3.05) is 19.3 Å². The predicted octanol–water partition coefficient (Wildman–Crippen LogP) is 1.92. The third-order valence-electron chi connectivity index (χ3n) is 2.35. The van der Waals surface area contributed by atoms with Crippen LogP contribution in [-0.4, -0.2) is 35.4 Å². The molecular formula is C10H17NOS. The molecule has 1 amide bonds. The Morgan fingerprint density at radius 1 is 1.69 bits per heavy atom. The Bertz CT molecular complexity index is 225. The molecule has 3 heteroatoms. The van der Waals surface area contributed by atoms with Gasteiger partial charge in [-0.3, -0.25) is 4.79 Å². The van der Waals surface area contributed by atoms with Crippen molar-refractivity contribution in [1.29, 1.82) is 0 Å². The van der Waals surface area contributed by atoms with Crippen LogP contribution in [0.5, 0.6) is 0 Å². The Morgan fingerprint density at radius 3 is 2.92 bits per heavy atom. The predicted molar refractivity (Wildman–Crippen MR) is 57.9 cm³/mol. The average Bonchev–Trinajstić information content (AvgIpc) is 2.15. The van der Waals surface area contributed by atoms with E-state index in [1.54, 1.807) is 11.8 Å². The first-order valence-corrected chi connectivity index (χ1v) is 5.91. The summed E-state index contributed by atoms with van der Waals surface area (Å²) in [5.41, 5.74) is 1.31. The second-order valence-electron chi connectivity index (χ2n) is 3.48. The molecule has 74 valence electrons. The summed E-state index contributed by atoms with van der Waals surface area (Å²) < 4.78 is 0. The Morgan fingerprint density at radius 2 is 2.38 bits per heavy atom. The monoisotopic (exact) mass is 199 g/mol. The Balaban J connectivity index is 2.53. The fourth-order valence-corrected chi connectivity index (χ4v) is 1.81. The number of carbonyl (C=O) groups excluding carboxylic acids is 1. The first-order valence-electron chi connectivity index (χ1n) is 4.62. The minimum Gasteiger partial charge on any atom is -0.337 e. The minimum atomic E-state index is 0.103. The molecule has 1 unspecified atom stereocenters. The van der Waals surface area contributed by atoms with E-state index < -0.39 is 0 Å². The van der Waals surface area contributed by atoms with Crippen LogP contribution in [0.1, 0.15) is 20.3 Å². The Kier molecular flexibility index (Phi) is 3.85. The van der Waals surface area contributed by atoms with E-state index in [9.17, 15) is 4.79 Å². The van der Waals surface area contributed by atoms with Gasteiger partial charge in [0.1, 0.15) is 0 Å². The number of rotatable bonds is 2. The van der Waals surface area contributed by atoms with Crippen LogP contribution in [-0.2, 0) is 4.79 Å². The molecule has 0 aliphatic carbocycles. The van der Waals surface area contributed by atoms with Gasteiger partial charge in [0.2, 0.25) is 5.91 Å². The molecular weight excluding hydrogens is 182 g/mol. The van der Waals surface area contributed by atoms with Crippen LogP contribution in [0.2, 0.25) is 0 Å². The molecule has 0 aromatic carbocycles. The van der Waals surface area contributed by atoms with E-state index in [0.29, 0.717) is 0 Å². The van der Waals surface area contributed by atoms with Crippen molar-refractivity contribution in [1.82, 2.24) is 4.90 Å². The zero-order valence-corrected chi connectivity index (χ0v) is 9.36. The lowest BCUT2D eigenvalue weighted by Crippen LogP contribution is -2.39. The van der Waals surface area contributed by atoms with Gasteiger partial charge in [0, 0.05) is 13.1 Å². The number of nitrogens with zero attached hydrogens (tertiary/aromatic N) is 1. The molecule has 1 aliphatic heterocycles. The molecule has 0 spiro atoms. The summed E-state index contributed by atoms with van der Waals surface area (Å²) in [5, 5.41) is 0.103. The minimum absolute atomic E-state index is 0.103. The van der Waals surface area contributed by atoms with Crippen LogP contribution in [0.4, 0.5) is 0 Å². The SMILES string of the molecule is CSC(C)C(=O)N1CCC=C(C)C1. The molecule has 0 aromatic heterocycles. The molecule has 0 fully saturated rings. The van der Waals surface area contributed by atoms with Crippen LogP contribution in [0, 0.1) is 0 Å². The molecule has 1 heterocycles. The largest absolute Gasteiger partial charge is 0.337 e. The zero-order chi connectivity index (χ0) is 9.84. The van der Waals surface area contributed by atoms with Gasteiger partial charge in [0.05, 0.1) is 5.25 Å². The number of thioether (sulfide) groups is 1. The lowest BCUT2D eigenvalue weighted by atomic mass is 10.1. The molecule has 1 aliphatic rings. The normalized spacial score (nSPS) is 19.6. The van der Waals surface area contributed by atoms with Crippen LogP contribution >= 0.6 is 11.8 Å². The first-order chi connectivity index (χ1) is 6.15. The van der Waals surface area contributed by atoms with Crippen molar-refractivity contribution in [2.24, 2.45) is 0 Å². The van der Waals surface area contributed by atoms with Crippen molar-refractivity contribution in [3.8, 4) is 0 Å². The summed E-state index contributed by atoms with van der Waals surface area (Å²) in [6.07, 6.45) is 5.21. The highest BCUT2D eigenvalue weighted by molar-refractivity contribution is 7.99. The van der Waals surface area contributed by atoms with Crippen LogP contribution in [0.25, 0.3) is 0 Å². The summed E-state index contributed by atoms with van der Waals surface area (Å²) in [7, 11) is 0. The lowest BCUT2D eigenvalue weighted by molar-refractivity contribution is -0.130. The third kappa shape index (κ3) is 2.76. The highest BCUT2D eigenvalue weighted by Crippen LogP contribution is 2.14. The average molecular weight is 199 g/mol. The maximum Gasteiger partial charge on any atom is 0.235 e. The Labute approximate surface area is 84.4 Å². The van der Waals surface area contributed by atoms with Gasteiger partial charge >= 0.3 is 0 Å². The summed E-state index contributed by atoms with van der Waals surface area (Å²) in [5.74, 6) is 0.278. The highest BCUT2D eigenvalue weighted by Gasteiger charge is 2.20. The number of amides is 1. The van der Waals surface area contributed by atoms with Gasteiger partial charge in [-0.2, -0.15) is 11.8 Å². The van der Waals surface area contributed by atoms with Crippen molar-refractivity contribution < 1.29 is 4.79 Å². The van der Waals surface area contributed by atoms with Crippen LogP contribution in [0.15, 0.2) is 11.6 Å². The molecule has 0 N–H and O–H groups in total. The summed E-state index contributed by atoms with van der Waals surface area (Å²) in [4.78, 5) is 13.7. The van der Waals surface area contributed by atoms with Crippen molar-refractivity contribution in [3.63, 3.8) is 0 Å². The van der Waals surface area contributed by atoms with Gasteiger partial charge in [-0.25, -0.2) is 0 Å². The quantitative estimate of drug-likeness (QED) is 0.633. The van der Waals surface area contributed by atoms with E-state index in [-0.39, 0.29) is 11.2 Å². The standard InChI is InChI=1S/C10H17NOS/c1-8-5-4-6-11(7-8)10(12)9(2)13-3/h5,9H,4,6-7H2,1-3H3. The number of hydrogen-bond donors (Lipinski definition) is 0. The van der Waals surface area contributed by atoms with Gasteiger partial charge in [-0.15, -0.1) is 0 Å². The topological polar surface area (TPSA) is 20.3 Å². The van der Waals surface area contributed by atoms with Crippen molar-refractivity contribution in [3.05, 3.63) is 11.6 Å². The Hall–Kier alpha value is -0.440. The lowest BCUT2D eigenvalue weighted by Gasteiger charge is -2.28. The highest BCUT2D eigenvalue weighted by atomic mass is 32.2. The van der Waals surface area contributed by atoms with E-state index in [2.05, 4.69) is 13.0 Å². The fourth-order valence-electron chi connectivity index (χ4n) is 1.46. The molecule has 2 nitrogen and oxygen atoms in total. The van der Waals surface area contributed by atoms with E-state index >= 15 is 0 Å². The van der Waals surface area contributed by atoms with Crippen molar-refractivity contribution >= 4 is 17.7 Å². The maximum atomic E-state index is 11.8. The van der Waals surface area contributed by atoms with Crippen LogP contribution in [0.3, 0.4) is 0 Å². The zero-order valence-electron chi connectivity index (χ0n) is 8.54. The molecule has 0 aromatic rings. The number of carbonyl (C=O) groups is 1. The van der Waals surface area contributed by atoms with Gasteiger partial charge < -0.3 is 4.90 Å². The van der Waals surface area contributed by atoms with Gasteiger partial charge in [-0.05, 0) is 26.5 Å². The molecule has 0 radical (unpaired) electrons. The smallest absolute Gasteiger partial charge is 0.235 e. The molecule has 1 atom stereocenters. The van der Waals surface area contributed by atoms with E-state index in [0.717, 1.165) is 19.5 Å². The van der Waals surface area contributed by atoms with Gasteiger partial charge in [-0.1, -0.05) is 11.6 Å². The van der Waals surface area contributed by atoms with E-state index in [1.807, 2.05) is 18.1 Å². The van der Waals surface area contributed by atoms with Gasteiger partial charge in [0.15, 0.2) is 0 Å². The second-order valence-corrected chi connectivity index (χ2v) is 4.66. The van der Waals surface area contributed by atoms with Crippen LogP contribution < -0.4 is 0 Å². The van der Waals surface area contributed by atoms with Gasteiger partial charge in [0.25, 0.3) is 0 Å². The maximum absolute atomic E-state index is 11.8. The molecule has 0 bridgehead atoms. The number of hydrogen-bond acceptors (Lipinski definition) is 2. The summed E-state index contributed by atoms with van der Waals surface area (Å²) >= 11 is 1.62. The fraction of sp³-hybridized carbons (Fsp3) is 0.700. The van der Waals surface area contributed by atoms with E-state index in [1.165, 1.54) is 5.57 Å².